The quantitative estimate of drug-likeness (QED) is 0.325. The zero-order chi connectivity index (χ0) is 25.0. The van der Waals surface area contributed by atoms with Crippen molar-refractivity contribution in [1.82, 2.24) is 9.88 Å². The van der Waals surface area contributed by atoms with E-state index >= 15 is 0 Å². The van der Waals surface area contributed by atoms with E-state index in [-0.39, 0.29) is 16.7 Å². The van der Waals surface area contributed by atoms with Gasteiger partial charge in [0.15, 0.2) is 15.0 Å². The Morgan fingerprint density at radius 2 is 1.51 bits per heavy atom. The standard InChI is InChI=1S/C27H29N3O3S2/c1-29(2)16-17-30(27-28-24-15-14-22(35(3,32)33)18-25(24)34-27)26(31)19-23(20-10-6-4-7-11-20)21-12-8-5-9-13-21/h4-15,18,23H,16-17,19H2,1-3H3. The number of sulfone groups is 1. The van der Waals surface area contributed by atoms with Gasteiger partial charge >= 0.3 is 0 Å². The number of amides is 1. The molecule has 8 heteroatoms. The number of benzene rings is 3. The maximum Gasteiger partial charge on any atom is 0.229 e. The molecule has 0 radical (unpaired) electrons. The molecule has 0 bridgehead atoms. The molecule has 0 aliphatic heterocycles. The van der Waals surface area contributed by atoms with Gasteiger partial charge < -0.3 is 4.90 Å². The highest BCUT2D eigenvalue weighted by Gasteiger charge is 2.25. The minimum absolute atomic E-state index is 0.0213. The molecular formula is C27H29N3O3S2. The Hall–Kier alpha value is -3.07. The number of hydrogen-bond acceptors (Lipinski definition) is 6. The van der Waals surface area contributed by atoms with Crippen LogP contribution >= 0.6 is 11.3 Å². The van der Waals surface area contributed by atoms with E-state index in [2.05, 4.69) is 24.3 Å². The molecule has 0 fully saturated rings. The molecule has 0 aliphatic rings. The first-order chi connectivity index (χ1) is 16.7. The number of likely N-dealkylation sites (N-methyl/N-ethyl adjacent to an activating group) is 1. The van der Waals surface area contributed by atoms with E-state index in [1.54, 1.807) is 23.1 Å². The molecule has 35 heavy (non-hydrogen) atoms. The summed E-state index contributed by atoms with van der Waals surface area (Å²) in [5, 5.41) is 0.581. The fourth-order valence-corrected chi connectivity index (χ4v) is 5.72. The van der Waals surface area contributed by atoms with Crippen molar-refractivity contribution in [2.45, 2.75) is 17.2 Å². The summed E-state index contributed by atoms with van der Waals surface area (Å²) in [4.78, 5) is 22.5. The van der Waals surface area contributed by atoms with Crippen molar-refractivity contribution in [2.24, 2.45) is 0 Å². The number of rotatable bonds is 9. The van der Waals surface area contributed by atoms with Gasteiger partial charge in [0.1, 0.15) is 0 Å². The fourth-order valence-electron chi connectivity index (χ4n) is 3.95. The van der Waals surface area contributed by atoms with Crippen LogP contribution in [0.3, 0.4) is 0 Å². The lowest BCUT2D eigenvalue weighted by Gasteiger charge is -2.25. The van der Waals surface area contributed by atoms with Gasteiger partial charge in [0.25, 0.3) is 0 Å². The van der Waals surface area contributed by atoms with Crippen molar-refractivity contribution in [3.05, 3.63) is 90.0 Å². The van der Waals surface area contributed by atoms with E-state index in [4.69, 9.17) is 4.98 Å². The second kappa shape index (κ2) is 10.7. The smallest absolute Gasteiger partial charge is 0.229 e. The molecular weight excluding hydrogens is 478 g/mol. The van der Waals surface area contributed by atoms with Crippen molar-refractivity contribution in [3.8, 4) is 0 Å². The number of hydrogen-bond donors (Lipinski definition) is 0. The van der Waals surface area contributed by atoms with Crippen LogP contribution in [0.4, 0.5) is 5.13 Å². The predicted octanol–water partition coefficient (Wildman–Crippen LogP) is 4.82. The predicted molar refractivity (Wildman–Crippen MR) is 143 cm³/mol. The highest BCUT2D eigenvalue weighted by atomic mass is 32.2. The summed E-state index contributed by atoms with van der Waals surface area (Å²) in [6.07, 6.45) is 1.49. The second-order valence-electron chi connectivity index (χ2n) is 8.82. The molecule has 0 spiro atoms. The topological polar surface area (TPSA) is 70.6 Å². The molecule has 6 nitrogen and oxygen atoms in total. The summed E-state index contributed by atoms with van der Waals surface area (Å²) in [5.41, 5.74) is 2.85. The normalized spacial score (nSPS) is 11.9. The number of carbonyl (C=O) groups is 1. The molecule has 0 aliphatic carbocycles. The molecule has 4 rings (SSSR count). The summed E-state index contributed by atoms with van der Waals surface area (Å²) >= 11 is 1.35. The number of thiazole rings is 1. The molecule has 1 heterocycles. The lowest BCUT2D eigenvalue weighted by molar-refractivity contribution is -0.118. The van der Waals surface area contributed by atoms with E-state index in [9.17, 15) is 13.2 Å². The van der Waals surface area contributed by atoms with E-state index in [0.29, 0.717) is 30.2 Å². The van der Waals surface area contributed by atoms with Crippen molar-refractivity contribution in [1.29, 1.82) is 0 Å². The summed E-state index contributed by atoms with van der Waals surface area (Å²) in [7, 11) is 0.608. The zero-order valence-corrected chi connectivity index (χ0v) is 21.7. The van der Waals surface area contributed by atoms with Crippen molar-refractivity contribution in [3.63, 3.8) is 0 Å². The third-order valence-electron chi connectivity index (χ3n) is 5.86. The molecule has 0 N–H and O–H groups in total. The van der Waals surface area contributed by atoms with Gasteiger partial charge in [0.05, 0.1) is 15.1 Å². The van der Waals surface area contributed by atoms with Crippen LogP contribution in [0.15, 0.2) is 83.8 Å². The van der Waals surface area contributed by atoms with Crippen LogP contribution in [0.5, 0.6) is 0 Å². The molecule has 4 aromatic rings. The third-order valence-corrected chi connectivity index (χ3v) is 8.01. The van der Waals surface area contributed by atoms with Gasteiger partial charge in [-0.2, -0.15) is 0 Å². The Balaban J connectivity index is 1.69. The number of aromatic nitrogens is 1. The maximum atomic E-state index is 13.8. The fraction of sp³-hybridized carbons (Fsp3) is 0.259. The maximum absolute atomic E-state index is 13.8. The van der Waals surface area contributed by atoms with Crippen LogP contribution in [0.25, 0.3) is 10.2 Å². The molecule has 0 saturated heterocycles. The van der Waals surface area contributed by atoms with Crippen LogP contribution in [0.1, 0.15) is 23.5 Å². The lowest BCUT2D eigenvalue weighted by Crippen LogP contribution is -2.37. The molecule has 1 aromatic heterocycles. The van der Waals surface area contributed by atoms with Crippen molar-refractivity contribution >= 4 is 42.4 Å². The Morgan fingerprint density at radius 1 is 0.914 bits per heavy atom. The molecule has 0 unspecified atom stereocenters. The average Bonchev–Trinajstić information content (AvgIpc) is 3.26. The Labute approximate surface area is 210 Å². The van der Waals surface area contributed by atoms with Crippen LogP contribution in [-0.4, -0.2) is 57.6 Å². The van der Waals surface area contributed by atoms with Crippen LogP contribution in [0.2, 0.25) is 0 Å². The minimum Gasteiger partial charge on any atom is -0.308 e. The molecule has 182 valence electrons. The van der Waals surface area contributed by atoms with Crippen LogP contribution in [-0.2, 0) is 14.6 Å². The number of carbonyl (C=O) groups excluding carboxylic acids is 1. The Kier molecular flexibility index (Phi) is 7.64. The van der Waals surface area contributed by atoms with E-state index in [1.807, 2.05) is 55.4 Å². The molecule has 0 atom stereocenters. The van der Waals surface area contributed by atoms with Gasteiger partial charge in [-0.25, -0.2) is 13.4 Å². The van der Waals surface area contributed by atoms with Crippen molar-refractivity contribution < 1.29 is 13.2 Å². The Morgan fingerprint density at radius 3 is 2.06 bits per heavy atom. The number of fused-ring (bicyclic) bond motifs is 1. The zero-order valence-electron chi connectivity index (χ0n) is 20.1. The minimum atomic E-state index is -3.33. The largest absolute Gasteiger partial charge is 0.308 e. The molecule has 1 amide bonds. The third kappa shape index (κ3) is 6.14. The van der Waals surface area contributed by atoms with Gasteiger partial charge in [-0.1, -0.05) is 72.0 Å². The monoisotopic (exact) mass is 507 g/mol. The summed E-state index contributed by atoms with van der Waals surface area (Å²) < 4.78 is 24.8. The SMILES string of the molecule is CN(C)CCN(C(=O)CC(c1ccccc1)c1ccccc1)c1nc2ccc(S(C)(=O)=O)cc2s1. The number of anilines is 1. The van der Waals surface area contributed by atoms with Gasteiger partial charge in [0.2, 0.25) is 5.91 Å². The first kappa shape index (κ1) is 25.0. The van der Waals surface area contributed by atoms with Gasteiger partial charge in [0, 0.05) is 31.7 Å². The van der Waals surface area contributed by atoms with Crippen molar-refractivity contribution in [2.75, 3.05) is 38.3 Å². The first-order valence-corrected chi connectivity index (χ1v) is 14.1. The number of nitrogens with zero attached hydrogens (tertiary/aromatic N) is 3. The van der Waals surface area contributed by atoms with Crippen LogP contribution < -0.4 is 4.90 Å². The molecule has 3 aromatic carbocycles. The Bertz CT molecular complexity index is 1360. The van der Waals surface area contributed by atoms with Gasteiger partial charge in [-0.05, 0) is 43.4 Å². The summed E-state index contributed by atoms with van der Waals surface area (Å²) in [5.74, 6) is -0.107. The second-order valence-corrected chi connectivity index (χ2v) is 11.8. The van der Waals surface area contributed by atoms with E-state index < -0.39 is 9.84 Å². The molecule has 0 saturated carbocycles. The van der Waals surface area contributed by atoms with Crippen LogP contribution in [0, 0.1) is 0 Å². The van der Waals surface area contributed by atoms with E-state index in [1.165, 1.54) is 17.6 Å². The van der Waals surface area contributed by atoms with Gasteiger partial charge in [-0.3, -0.25) is 9.69 Å². The summed E-state index contributed by atoms with van der Waals surface area (Å²) in [6, 6.07) is 25.0. The lowest BCUT2D eigenvalue weighted by atomic mass is 9.88. The summed E-state index contributed by atoms with van der Waals surface area (Å²) in [6.45, 7) is 1.17. The van der Waals surface area contributed by atoms with Gasteiger partial charge in [-0.15, -0.1) is 0 Å². The average molecular weight is 508 g/mol. The highest BCUT2D eigenvalue weighted by Crippen LogP contribution is 2.33. The highest BCUT2D eigenvalue weighted by molar-refractivity contribution is 7.90. The first-order valence-electron chi connectivity index (χ1n) is 11.4. The van der Waals surface area contributed by atoms with E-state index in [0.717, 1.165) is 15.8 Å².